The molecule has 0 radical (unpaired) electrons. The van der Waals surface area contributed by atoms with Gasteiger partial charge in [0.2, 0.25) is 0 Å². The van der Waals surface area contributed by atoms with E-state index in [2.05, 4.69) is 19.2 Å². The minimum absolute atomic E-state index is 0.171. The lowest BCUT2D eigenvalue weighted by atomic mass is 10.0. The number of hydrogen-bond donors (Lipinski definition) is 2. The summed E-state index contributed by atoms with van der Waals surface area (Å²) in [6, 6.07) is 0.171. The summed E-state index contributed by atoms with van der Waals surface area (Å²) in [7, 11) is 1.69. The average molecular weight is 175 g/mol. The Balaban J connectivity index is 3.62. The minimum atomic E-state index is 0.171. The van der Waals surface area contributed by atoms with Gasteiger partial charge in [0.25, 0.3) is 0 Å². The van der Waals surface area contributed by atoms with Gasteiger partial charge < -0.3 is 15.2 Å². The van der Waals surface area contributed by atoms with Gasteiger partial charge in [-0.3, -0.25) is 0 Å². The Morgan fingerprint density at radius 2 is 2.17 bits per heavy atom. The van der Waals surface area contributed by atoms with Crippen LogP contribution in [0.25, 0.3) is 0 Å². The fraction of sp³-hybridized carbons (Fsp3) is 1.00. The van der Waals surface area contributed by atoms with Gasteiger partial charge in [-0.15, -0.1) is 0 Å². The van der Waals surface area contributed by atoms with Gasteiger partial charge in [-0.05, 0) is 18.9 Å². The van der Waals surface area contributed by atoms with E-state index in [4.69, 9.17) is 9.84 Å². The smallest absolute Gasteiger partial charge is 0.0588 e. The lowest BCUT2D eigenvalue weighted by molar-refractivity contribution is 0.114. The minimum Gasteiger partial charge on any atom is -0.395 e. The molecule has 2 N–H and O–H groups in total. The van der Waals surface area contributed by atoms with Crippen LogP contribution in [0.5, 0.6) is 0 Å². The van der Waals surface area contributed by atoms with Crippen molar-refractivity contribution in [2.75, 3.05) is 26.9 Å². The third-order valence-electron chi connectivity index (χ3n) is 1.97. The molecule has 0 bridgehead atoms. The van der Waals surface area contributed by atoms with Crippen LogP contribution in [0, 0.1) is 5.92 Å². The molecule has 0 aromatic rings. The zero-order valence-corrected chi connectivity index (χ0v) is 8.34. The SMILES string of the molecule is CCCNC(CO)C(C)COC. The lowest BCUT2D eigenvalue weighted by Gasteiger charge is -2.22. The van der Waals surface area contributed by atoms with Crippen molar-refractivity contribution >= 4 is 0 Å². The van der Waals surface area contributed by atoms with E-state index in [1.807, 2.05) is 0 Å². The predicted molar refractivity (Wildman–Crippen MR) is 50.2 cm³/mol. The van der Waals surface area contributed by atoms with E-state index in [1.54, 1.807) is 7.11 Å². The van der Waals surface area contributed by atoms with Crippen LogP contribution in [0.15, 0.2) is 0 Å². The third-order valence-corrected chi connectivity index (χ3v) is 1.97. The summed E-state index contributed by atoms with van der Waals surface area (Å²) in [6.07, 6.45) is 1.09. The van der Waals surface area contributed by atoms with Crippen LogP contribution >= 0.6 is 0 Å². The van der Waals surface area contributed by atoms with E-state index in [-0.39, 0.29) is 12.6 Å². The highest BCUT2D eigenvalue weighted by Crippen LogP contribution is 2.02. The number of methoxy groups -OCH3 is 1. The maximum atomic E-state index is 9.03. The van der Waals surface area contributed by atoms with Crippen molar-refractivity contribution in [2.24, 2.45) is 5.92 Å². The Hall–Kier alpha value is -0.120. The van der Waals surface area contributed by atoms with E-state index in [1.165, 1.54) is 0 Å². The molecule has 2 unspecified atom stereocenters. The van der Waals surface area contributed by atoms with Gasteiger partial charge in [-0.1, -0.05) is 13.8 Å². The van der Waals surface area contributed by atoms with Crippen LogP contribution in [0.3, 0.4) is 0 Å². The number of aliphatic hydroxyl groups is 1. The van der Waals surface area contributed by atoms with Gasteiger partial charge in [0.15, 0.2) is 0 Å². The normalized spacial score (nSPS) is 16.0. The van der Waals surface area contributed by atoms with Gasteiger partial charge in [0, 0.05) is 13.2 Å². The van der Waals surface area contributed by atoms with Crippen LogP contribution in [0.2, 0.25) is 0 Å². The molecular weight excluding hydrogens is 154 g/mol. The summed E-state index contributed by atoms with van der Waals surface area (Å²) < 4.78 is 5.02. The van der Waals surface area contributed by atoms with Crippen molar-refractivity contribution in [1.82, 2.24) is 5.32 Å². The Kier molecular flexibility index (Phi) is 7.45. The van der Waals surface area contributed by atoms with E-state index in [0.29, 0.717) is 12.5 Å². The molecule has 3 heteroatoms. The summed E-state index contributed by atoms with van der Waals surface area (Å²) in [5, 5.41) is 12.3. The van der Waals surface area contributed by atoms with Crippen molar-refractivity contribution < 1.29 is 9.84 Å². The van der Waals surface area contributed by atoms with E-state index >= 15 is 0 Å². The van der Waals surface area contributed by atoms with E-state index in [0.717, 1.165) is 13.0 Å². The highest BCUT2D eigenvalue weighted by molar-refractivity contribution is 4.71. The van der Waals surface area contributed by atoms with E-state index < -0.39 is 0 Å². The van der Waals surface area contributed by atoms with Crippen LogP contribution in [-0.4, -0.2) is 38.0 Å². The predicted octanol–water partition coefficient (Wildman–Crippen LogP) is 0.629. The topological polar surface area (TPSA) is 41.5 Å². The Morgan fingerprint density at radius 1 is 1.50 bits per heavy atom. The first kappa shape index (κ1) is 11.9. The summed E-state index contributed by atoms with van der Waals surface area (Å²) in [4.78, 5) is 0. The molecule has 3 nitrogen and oxygen atoms in total. The zero-order valence-electron chi connectivity index (χ0n) is 8.34. The lowest BCUT2D eigenvalue weighted by Crippen LogP contribution is -2.40. The van der Waals surface area contributed by atoms with Gasteiger partial charge in [-0.25, -0.2) is 0 Å². The molecule has 0 fully saturated rings. The molecule has 0 heterocycles. The average Bonchev–Trinajstić information content (AvgIpc) is 2.06. The van der Waals surface area contributed by atoms with Crippen LogP contribution in [0.4, 0.5) is 0 Å². The third kappa shape index (κ3) is 4.70. The molecular formula is C9H21NO2. The molecule has 0 aliphatic rings. The second-order valence-corrected chi connectivity index (χ2v) is 3.18. The summed E-state index contributed by atoms with van der Waals surface area (Å²) in [5.74, 6) is 0.367. The summed E-state index contributed by atoms with van der Waals surface area (Å²) >= 11 is 0. The fourth-order valence-corrected chi connectivity index (χ4v) is 1.15. The summed E-state index contributed by atoms with van der Waals surface area (Å²) in [5.41, 5.74) is 0. The van der Waals surface area contributed by atoms with E-state index in [9.17, 15) is 0 Å². The molecule has 0 aliphatic heterocycles. The van der Waals surface area contributed by atoms with Crippen molar-refractivity contribution in [1.29, 1.82) is 0 Å². The maximum absolute atomic E-state index is 9.03. The number of ether oxygens (including phenoxy) is 1. The van der Waals surface area contributed by atoms with Crippen LogP contribution in [0.1, 0.15) is 20.3 Å². The standard InChI is InChI=1S/C9H21NO2/c1-4-5-10-9(6-11)8(2)7-12-3/h8-11H,4-7H2,1-3H3. The Bertz CT molecular complexity index is 98.5. The van der Waals surface area contributed by atoms with Crippen LogP contribution < -0.4 is 5.32 Å². The second-order valence-electron chi connectivity index (χ2n) is 3.18. The molecule has 2 atom stereocenters. The fourth-order valence-electron chi connectivity index (χ4n) is 1.15. The number of nitrogens with one attached hydrogen (secondary N) is 1. The molecule has 12 heavy (non-hydrogen) atoms. The molecule has 0 amide bonds. The first-order valence-electron chi connectivity index (χ1n) is 4.59. The monoisotopic (exact) mass is 175 g/mol. The highest BCUT2D eigenvalue weighted by atomic mass is 16.5. The molecule has 0 aromatic heterocycles. The Morgan fingerprint density at radius 3 is 2.58 bits per heavy atom. The van der Waals surface area contributed by atoms with Gasteiger partial charge in [-0.2, -0.15) is 0 Å². The molecule has 74 valence electrons. The number of rotatable bonds is 7. The zero-order chi connectivity index (χ0) is 9.40. The summed E-state index contributed by atoms with van der Waals surface area (Å²) in [6.45, 7) is 6.03. The number of hydrogen-bond acceptors (Lipinski definition) is 3. The van der Waals surface area contributed by atoms with Gasteiger partial charge >= 0.3 is 0 Å². The van der Waals surface area contributed by atoms with Crippen molar-refractivity contribution in [2.45, 2.75) is 26.3 Å². The molecule has 0 saturated carbocycles. The van der Waals surface area contributed by atoms with Gasteiger partial charge in [0.1, 0.15) is 0 Å². The van der Waals surface area contributed by atoms with Crippen LogP contribution in [-0.2, 0) is 4.74 Å². The second kappa shape index (κ2) is 7.53. The first-order valence-corrected chi connectivity index (χ1v) is 4.59. The molecule has 0 saturated heterocycles. The molecule has 0 aromatic carbocycles. The van der Waals surface area contributed by atoms with Crippen molar-refractivity contribution in [3.8, 4) is 0 Å². The highest BCUT2D eigenvalue weighted by Gasteiger charge is 2.14. The van der Waals surface area contributed by atoms with Gasteiger partial charge in [0.05, 0.1) is 13.2 Å². The quantitative estimate of drug-likeness (QED) is 0.596. The van der Waals surface area contributed by atoms with Crippen molar-refractivity contribution in [3.63, 3.8) is 0 Å². The molecule has 0 aliphatic carbocycles. The molecule has 0 rings (SSSR count). The van der Waals surface area contributed by atoms with Crippen molar-refractivity contribution in [3.05, 3.63) is 0 Å². The largest absolute Gasteiger partial charge is 0.395 e. The first-order chi connectivity index (χ1) is 5.76. The maximum Gasteiger partial charge on any atom is 0.0588 e. The molecule has 0 spiro atoms. The number of aliphatic hydroxyl groups excluding tert-OH is 1. The Labute approximate surface area is 75.1 Å².